The number of carbonyl (C=O) groups excluding carboxylic acids is 1. The zero-order chi connectivity index (χ0) is 14.9. The molecule has 0 atom stereocenters. The molecule has 0 N–H and O–H groups in total. The topological polar surface area (TPSA) is 17.1 Å². The summed E-state index contributed by atoms with van der Waals surface area (Å²) in [7, 11) is 0. The third-order valence-corrected chi connectivity index (χ3v) is 3.19. The van der Waals surface area contributed by atoms with Crippen LogP contribution in [0.15, 0.2) is 36.4 Å². The largest absolute Gasteiger partial charge is 0.416 e. The molecule has 4 heteroatoms. The maximum absolute atomic E-state index is 12.5. The first-order chi connectivity index (χ1) is 9.32. The van der Waals surface area contributed by atoms with Crippen LogP contribution in [-0.4, -0.2) is 6.29 Å². The Hall–Kier alpha value is -2.10. The van der Waals surface area contributed by atoms with E-state index in [1.165, 1.54) is 12.1 Å². The van der Waals surface area contributed by atoms with Gasteiger partial charge in [0, 0.05) is 5.56 Å². The third kappa shape index (κ3) is 2.74. The standard InChI is InChI=1S/C16H13F3O/c1-10-7-12(9-20)8-11(2)15(10)13-3-5-14(6-4-13)16(17,18)19/h3-9H,1-2H3. The molecule has 0 saturated carbocycles. The van der Waals surface area contributed by atoms with E-state index in [1.54, 1.807) is 12.1 Å². The summed E-state index contributed by atoms with van der Waals surface area (Å²) in [6, 6.07) is 8.52. The minimum Gasteiger partial charge on any atom is -0.298 e. The summed E-state index contributed by atoms with van der Waals surface area (Å²) in [6.45, 7) is 3.68. The molecule has 2 aromatic rings. The van der Waals surface area contributed by atoms with Crippen molar-refractivity contribution in [2.45, 2.75) is 20.0 Å². The summed E-state index contributed by atoms with van der Waals surface area (Å²) in [6.07, 6.45) is -3.57. The number of benzene rings is 2. The van der Waals surface area contributed by atoms with Crippen molar-refractivity contribution in [3.05, 3.63) is 58.7 Å². The van der Waals surface area contributed by atoms with Gasteiger partial charge >= 0.3 is 6.18 Å². The smallest absolute Gasteiger partial charge is 0.298 e. The molecule has 0 aromatic heterocycles. The molecule has 0 aliphatic rings. The molecule has 0 spiro atoms. The van der Waals surface area contributed by atoms with E-state index in [2.05, 4.69) is 0 Å². The Balaban J connectivity index is 2.50. The fraction of sp³-hybridized carbons (Fsp3) is 0.188. The van der Waals surface area contributed by atoms with Gasteiger partial charge in [0.1, 0.15) is 6.29 Å². The number of rotatable bonds is 2. The first-order valence-electron chi connectivity index (χ1n) is 6.07. The zero-order valence-corrected chi connectivity index (χ0v) is 11.1. The van der Waals surface area contributed by atoms with E-state index >= 15 is 0 Å². The van der Waals surface area contributed by atoms with Crippen LogP contribution in [0.2, 0.25) is 0 Å². The van der Waals surface area contributed by atoms with Gasteiger partial charge in [0.25, 0.3) is 0 Å². The molecule has 0 aliphatic carbocycles. The van der Waals surface area contributed by atoms with Crippen molar-refractivity contribution in [2.24, 2.45) is 0 Å². The Morgan fingerprint density at radius 3 is 1.85 bits per heavy atom. The van der Waals surface area contributed by atoms with Gasteiger partial charge in [0.2, 0.25) is 0 Å². The van der Waals surface area contributed by atoms with Crippen molar-refractivity contribution < 1.29 is 18.0 Å². The lowest BCUT2D eigenvalue weighted by Crippen LogP contribution is -2.04. The lowest BCUT2D eigenvalue weighted by molar-refractivity contribution is -0.137. The molecule has 0 aliphatic heterocycles. The van der Waals surface area contributed by atoms with Gasteiger partial charge in [-0.05, 0) is 60.4 Å². The Labute approximate surface area is 115 Å². The van der Waals surface area contributed by atoms with Crippen molar-refractivity contribution >= 4 is 6.29 Å². The van der Waals surface area contributed by atoms with E-state index in [4.69, 9.17) is 0 Å². The SMILES string of the molecule is Cc1cc(C=O)cc(C)c1-c1ccc(C(F)(F)F)cc1. The molecular formula is C16H13F3O. The molecule has 2 rings (SSSR count). The maximum atomic E-state index is 12.5. The van der Waals surface area contributed by atoms with Crippen molar-refractivity contribution in [1.82, 2.24) is 0 Å². The Morgan fingerprint density at radius 1 is 0.950 bits per heavy atom. The molecule has 0 radical (unpaired) electrons. The third-order valence-electron chi connectivity index (χ3n) is 3.19. The second-order valence-electron chi connectivity index (χ2n) is 4.72. The molecule has 0 heterocycles. The molecule has 0 amide bonds. The summed E-state index contributed by atoms with van der Waals surface area (Å²) in [4.78, 5) is 10.8. The summed E-state index contributed by atoms with van der Waals surface area (Å²) >= 11 is 0. The summed E-state index contributed by atoms with van der Waals surface area (Å²) in [5.74, 6) is 0. The van der Waals surface area contributed by atoms with Gasteiger partial charge in [0.05, 0.1) is 5.56 Å². The molecule has 20 heavy (non-hydrogen) atoms. The summed E-state index contributed by atoms with van der Waals surface area (Å²) in [5, 5.41) is 0. The van der Waals surface area contributed by atoms with Gasteiger partial charge in [-0.3, -0.25) is 4.79 Å². The lowest BCUT2D eigenvalue weighted by atomic mass is 9.93. The first-order valence-corrected chi connectivity index (χ1v) is 6.07. The predicted molar refractivity (Wildman–Crippen MR) is 71.7 cm³/mol. The highest BCUT2D eigenvalue weighted by molar-refractivity contribution is 5.80. The van der Waals surface area contributed by atoms with Gasteiger partial charge in [-0.15, -0.1) is 0 Å². The number of aldehydes is 1. The minimum absolute atomic E-state index is 0.565. The molecule has 1 nitrogen and oxygen atoms in total. The monoisotopic (exact) mass is 278 g/mol. The number of carbonyl (C=O) groups is 1. The van der Waals surface area contributed by atoms with Crippen molar-refractivity contribution in [3.63, 3.8) is 0 Å². The molecule has 2 aromatic carbocycles. The van der Waals surface area contributed by atoms with Crippen LogP contribution in [0.25, 0.3) is 11.1 Å². The molecule has 0 fully saturated rings. The number of hydrogen-bond acceptors (Lipinski definition) is 1. The van der Waals surface area contributed by atoms with Crippen LogP contribution in [-0.2, 0) is 6.18 Å². The van der Waals surface area contributed by atoms with Crippen molar-refractivity contribution in [1.29, 1.82) is 0 Å². The van der Waals surface area contributed by atoms with E-state index in [0.29, 0.717) is 11.1 Å². The van der Waals surface area contributed by atoms with Gasteiger partial charge in [-0.2, -0.15) is 13.2 Å². The normalized spacial score (nSPS) is 11.4. The Morgan fingerprint density at radius 2 is 1.45 bits per heavy atom. The maximum Gasteiger partial charge on any atom is 0.416 e. The molecule has 0 saturated heterocycles. The highest BCUT2D eigenvalue weighted by Crippen LogP contribution is 2.33. The number of halogens is 3. The van der Waals surface area contributed by atoms with Crippen LogP contribution >= 0.6 is 0 Å². The van der Waals surface area contributed by atoms with E-state index in [0.717, 1.165) is 35.1 Å². The number of alkyl halides is 3. The summed E-state index contributed by atoms with van der Waals surface area (Å²) in [5.41, 5.74) is 3.21. The van der Waals surface area contributed by atoms with Gasteiger partial charge in [-0.25, -0.2) is 0 Å². The van der Waals surface area contributed by atoms with E-state index < -0.39 is 11.7 Å². The van der Waals surface area contributed by atoms with Gasteiger partial charge < -0.3 is 0 Å². The summed E-state index contributed by atoms with van der Waals surface area (Å²) < 4.78 is 37.6. The second-order valence-corrected chi connectivity index (χ2v) is 4.72. The highest BCUT2D eigenvalue weighted by atomic mass is 19.4. The number of aryl methyl sites for hydroxylation is 2. The average Bonchev–Trinajstić information content (AvgIpc) is 2.37. The van der Waals surface area contributed by atoms with E-state index in [9.17, 15) is 18.0 Å². The van der Waals surface area contributed by atoms with E-state index in [-0.39, 0.29) is 0 Å². The highest BCUT2D eigenvalue weighted by Gasteiger charge is 2.30. The van der Waals surface area contributed by atoms with Crippen LogP contribution in [0.4, 0.5) is 13.2 Å². The quantitative estimate of drug-likeness (QED) is 0.721. The predicted octanol–water partition coefficient (Wildman–Crippen LogP) is 4.80. The molecule has 104 valence electrons. The fourth-order valence-electron chi connectivity index (χ4n) is 2.35. The molecule has 0 bridgehead atoms. The van der Waals surface area contributed by atoms with Crippen LogP contribution in [0.1, 0.15) is 27.0 Å². The Bertz CT molecular complexity index is 617. The minimum atomic E-state index is -4.33. The molecule has 0 unspecified atom stereocenters. The van der Waals surface area contributed by atoms with Crippen LogP contribution in [0, 0.1) is 13.8 Å². The lowest BCUT2D eigenvalue weighted by Gasteiger charge is -2.12. The van der Waals surface area contributed by atoms with Crippen LogP contribution in [0.3, 0.4) is 0 Å². The molecular weight excluding hydrogens is 265 g/mol. The van der Waals surface area contributed by atoms with Gasteiger partial charge in [-0.1, -0.05) is 12.1 Å². The Kier molecular flexibility index (Phi) is 3.66. The van der Waals surface area contributed by atoms with Crippen LogP contribution in [0.5, 0.6) is 0 Å². The first kappa shape index (κ1) is 14.3. The van der Waals surface area contributed by atoms with E-state index in [1.807, 2.05) is 13.8 Å². The second kappa shape index (κ2) is 5.12. The van der Waals surface area contributed by atoms with Crippen molar-refractivity contribution in [3.8, 4) is 11.1 Å². The number of hydrogen-bond donors (Lipinski definition) is 0. The van der Waals surface area contributed by atoms with Gasteiger partial charge in [0.15, 0.2) is 0 Å². The zero-order valence-electron chi connectivity index (χ0n) is 11.1. The van der Waals surface area contributed by atoms with Crippen LogP contribution < -0.4 is 0 Å². The fourth-order valence-corrected chi connectivity index (χ4v) is 2.35. The van der Waals surface area contributed by atoms with Crippen molar-refractivity contribution in [2.75, 3.05) is 0 Å². The average molecular weight is 278 g/mol.